The number of epoxide rings is 1. The van der Waals surface area contributed by atoms with Gasteiger partial charge < -0.3 is 29.5 Å². The molecule has 0 aromatic heterocycles. The highest BCUT2D eigenvalue weighted by molar-refractivity contribution is 7.80. The van der Waals surface area contributed by atoms with Gasteiger partial charge in [0.25, 0.3) is 0 Å². The van der Waals surface area contributed by atoms with E-state index in [2.05, 4.69) is 20.8 Å². The second-order valence-electron chi connectivity index (χ2n) is 21.5. The van der Waals surface area contributed by atoms with Gasteiger partial charge in [0.1, 0.15) is 30.0 Å². The van der Waals surface area contributed by atoms with Gasteiger partial charge in [-0.2, -0.15) is 8.42 Å². The third kappa shape index (κ3) is 11.3. The Hall–Kier alpha value is -1.61. The van der Waals surface area contributed by atoms with E-state index in [9.17, 15) is 32.8 Å². The molecule has 0 radical (unpaired) electrons. The number of ether oxygens (including phenoxy) is 3. The van der Waals surface area contributed by atoms with Crippen LogP contribution in [0.4, 0.5) is 0 Å². The summed E-state index contributed by atoms with van der Waals surface area (Å²) in [6.45, 7) is 16.1. The lowest BCUT2D eigenvalue weighted by atomic mass is 9.44. The van der Waals surface area contributed by atoms with Crippen LogP contribution in [0.2, 0.25) is 0 Å². The molecule has 0 aromatic rings. The van der Waals surface area contributed by atoms with Crippen LogP contribution in [0.5, 0.6) is 0 Å². The fourth-order valence-corrected chi connectivity index (χ4v) is 14.0. The first-order valence-electron chi connectivity index (χ1n) is 23.9. The van der Waals surface area contributed by atoms with E-state index in [1.54, 1.807) is 13.8 Å². The zero-order chi connectivity index (χ0) is 45.0. The van der Waals surface area contributed by atoms with Gasteiger partial charge in [0.15, 0.2) is 0 Å². The number of carbonyl (C=O) groups excluding carboxylic acids is 2. The van der Waals surface area contributed by atoms with E-state index < -0.39 is 74.2 Å². The van der Waals surface area contributed by atoms with Crippen molar-refractivity contribution in [3.63, 3.8) is 0 Å². The van der Waals surface area contributed by atoms with E-state index in [1.165, 1.54) is 57.4 Å². The van der Waals surface area contributed by atoms with E-state index in [-0.39, 0.29) is 43.1 Å². The fourth-order valence-electron chi connectivity index (χ4n) is 13.3. The predicted molar refractivity (Wildman–Crippen MR) is 234 cm³/mol. The third-order valence-corrected chi connectivity index (χ3v) is 17.0. The molecule has 1 saturated heterocycles. The molecule has 352 valence electrons. The van der Waals surface area contributed by atoms with Crippen LogP contribution in [0.15, 0.2) is 11.1 Å². The van der Waals surface area contributed by atoms with E-state index in [0.717, 1.165) is 56.9 Å². The molecule has 5 rings (SSSR count). The summed E-state index contributed by atoms with van der Waals surface area (Å²) in [5, 5.41) is 32.5. The summed E-state index contributed by atoms with van der Waals surface area (Å²) < 4.78 is 58.4. The van der Waals surface area contributed by atoms with Crippen molar-refractivity contribution in [1.82, 2.24) is 0 Å². The molecular weight excluding hydrogens is 801 g/mol. The molecule has 1 heterocycles. The van der Waals surface area contributed by atoms with Crippen LogP contribution < -0.4 is 0 Å². The van der Waals surface area contributed by atoms with Gasteiger partial charge in [0, 0.05) is 25.4 Å². The average molecular weight is 883 g/mol. The minimum atomic E-state index is -4.91. The van der Waals surface area contributed by atoms with Crippen molar-refractivity contribution in [3.05, 3.63) is 11.1 Å². The molecule has 2 saturated carbocycles. The van der Waals surface area contributed by atoms with E-state index in [0.29, 0.717) is 32.3 Å². The molecule has 12 nitrogen and oxygen atoms in total. The molecule has 11 atom stereocenters. The SMILES string of the molecule is CC(=O)O[C@H]1[C@H](O)C2=C(CC[C@H]3C(C)(C)[C@@H](OS(=O)(=O)O)[C@H](OC(=O)CCCCCCCCCCCCCCCO)C[C@]23C)[C@@H]2CC[C@H]([C@H](C)CCC3(C(C)(C)O)CO3)[C@]21C. The Morgan fingerprint density at radius 1 is 0.869 bits per heavy atom. The zero-order valence-electron chi connectivity index (χ0n) is 38.8. The Morgan fingerprint density at radius 2 is 1.43 bits per heavy atom. The molecule has 4 N–H and O–H groups in total. The monoisotopic (exact) mass is 883 g/mol. The molecule has 4 aliphatic carbocycles. The molecule has 1 unspecified atom stereocenters. The summed E-state index contributed by atoms with van der Waals surface area (Å²) in [7, 11) is -4.91. The first-order chi connectivity index (χ1) is 28.5. The smallest absolute Gasteiger partial charge is 0.397 e. The lowest BCUT2D eigenvalue weighted by Crippen LogP contribution is -2.64. The number of unbranched alkanes of at least 4 members (excludes halogenated alkanes) is 12. The number of aliphatic hydroxyl groups is 3. The highest BCUT2D eigenvalue weighted by atomic mass is 32.3. The predicted octanol–water partition coefficient (Wildman–Crippen LogP) is 8.98. The van der Waals surface area contributed by atoms with Crippen molar-refractivity contribution in [1.29, 1.82) is 0 Å². The fraction of sp³-hybridized carbons (Fsp3) is 0.917. The van der Waals surface area contributed by atoms with Crippen LogP contribution in [0.3, 0.4) is 0 Å². The number of esters is 2. The number of fused-ring (bicyclic) bond motifs is 4. The molecule has 1 aliphatic heterocycles. The summed E-state index contributed by atoms with van der Waals surface area (Å²) in [6, 6.07) is 0. The number of allylic oxidation sites excluding steroid dienone is 1. The maximum Gasteiger partial charge on any atom is 0.397 e. The number of carbonyl (C=O) groups is 2. The van der Waals surface area contributed by atoms with E-state index in [4.69, 9.17) is 23.5 Å². The van der Waals surface area contributed by atoms with Crippen molar-refractivity contribution in [2.45, 2.75) is 226 Å². The van der Waals surface area contributed by atoms with Crippen molar-refractivity contribution in [2.75, 3.05) is 13.2 Å². The number of rotatable bonds is 24. The van der Waals surface area contributed by atoms with Gasteiger partial charge >= 0.3 is 22.3 Å². The van der Waals surface area contributed by atoms with Gasteiger partial charge in [-0.05, 0) is 112 Å². The molecule has 5 aliphatic rings. The lowest BCUT2D eigenvalue weighted by molar-refractivity contribution is -0.193. The van der Waals surface area contributed by atoms with Crippen LogP contribution in [0, 0.1) is 39.9 Å². The van der Waals surface area contributed by atoms with Crippen LogP contribution in [0.25, 0.3) is 0 Å². The van der Waals surface area contributed by atoms with Crippen LogP contribution >= 0.6 is 0 Å². The summed E-state index contributed by atoms with van der Waals surface area (Å²) >= 11 is 0. The normalized spacial score (nSPS) is 34.9. The summed E-state index contributed by atoms with van der Waals surface area (Å²) in [5.74, 6) is -0.776. The quantitative estimate of drug-likeness (QED) is 0.0237. The summed E-state index contributed by atoms with van der Waals surface area (Å²) in [6.07, 6.45) is 15.1. The maximum absolute atomic E-state index is 13.6. The largest absolute Gasteiger partial charge is 0.459 e. The Kier molecular flexibility index (Phi) is 16.7. The van der Waals surface area contributed by atoms with Crippen molar-refractivity contribution in [2.24, 2.45) is 39.9 Å². The Balaban J connectivity index is 1.29. The minimum Gasteiger partial charge on any atom is -0.459 e. The van der Waals surface area contributed by atoms with Crippen molar-refractivity contribution < 1.29 is 56.3 Å². The molecule has 0 spiro atoms. The summed E-state index contributed by atoms with van der Waals surface area (Å²) in [5.41, 5.74) is -1.78. The number of aliphatic hydroxyl groups excluding tert-OH is 2. The second-order valence-corrected chi connectivity index (χ2v) is 22.5. The highest BCUT2D eigenvalue weighted by Crippen LogP contribution is 2.69. The molecule has 0 amide bonds. The standard InChI is InChI=1S/C48H82O12S/c1-32(27-28-48(31-57-48)45(5,6)53)35-24-25-36-34-23-26-38-44(3,4)42(60-61(54,55)56)37(30-46(38,7)40(34)41(52)43(47(35,36)8)58-33(2)50)59-39(51)22-20-18-16-14-12-10-9-11-13-15-17-19-21-29-49/h32,35-38,41-43,49,52-53H,9-31H2,1-8H3,(H,54,55,56)/t32-,35-,36+,37-,38+,41-,42+,43+,46+,47-,48?/m1/s1. The van der Waals surface area contributed by atoms with Crippen LogP contribution in [-0.4, -0.2) is 89.1 Å². The van der Waals surface area contributed by atoms with Gasteiger partial charge in [-0.3, -0.25) is 14.1 Å². The van der Waals surface area contributed by atoms with E-state index >= 15 is 0 Å². The number of hydrogen-bond acceptors (Lipinski definition) is 11. The van der Waals surface area contributed by atoms with Gasteiger partial charge in [-0.25, -0.2) is 4.18 Å². The molecule has 3 fully saturated rings. The van der Waals surface area contributed by atoms with Crippen molar-refractivity contribution >= 4 is 22.3 Å². The third-order valence-electron chi connectivity index (χ3n) is 16.6. The average Bonchev–Trinajstić information content (AvgIpc) is 3.88. The first kappa shape index (κ1) is 50.4. The first-order valence-corrected chi connectivity index (χ1v) is 25.3. The van der Waals surface area contributed by atoms with Gasteiger partial charge in [-0.15, -0.1) is 0 Å². The van der Waals surface area contributed by atoms with Gasteiger partial charge in [-0.1, -0.05) is 111 Å². The molecular formula is C48H82O12S. The molecule has 13 heteroatoms. The Bertz CT molecular complexity index is 1630. The topological polar surface area (TPSA) is 189 Å². The Morgan fingerprint density at radius 3 is 1.93 bits per heavy atom. The molecule has 0 aromatic carbocycles. The molecule has 61 heavy (non-hydrogen) atoms. The zero-order valence-corrected chi connectivity index (χ0v) is 39.7. The second kappa shape index (κ2) is 20.3. The Labute approximate surface area is 367 Å². The van der Waals surface area contributed by atoms with Crippen LogP contribution in [-0.2, 0) is 38.4 Å². The maximum atomic E-state index is 13.6. The van der Waals surface area contributed by atoms with Crippen LogP contribution in [0.1, 0.15) is 190 Å². The van der Waals surface area contributed by atoms with Gasteiger partial charge in [0.05, 0.1) is 12.2 Å². The summed E-state index contributed by atoms with van der Waals surface area (Å²) in [4.78, 5) is 26.5. The lowest BCUT2D eigenvalue weighted by Gasteiger charge is -2.63. The van der Waals surface area contributed by atoms with Gasteiger partial charge in [0.2, 0.25) is 0 Å². The van der Waals surface area contributed by atoms with E-state index in [1.807, 2.05) is 13.8 Å². The minimum absolute atomic E-state index is 0.0321. The number of hydrogen-bond donors (Lipinski definition) is 4. The van der Waals surface area contributed by atoms with Crippen molar-refractivity contribution in [3.8, 4) is 0 Å². The molecule has 0 bridgehead atoms. The highest BCUT2D eigenvalue weighted by Gasteiger charge is 2.68.